The Morgan fingerprint density at radius 3 is 2.48 bits per heavy atom. The Bertz CT molecular complexity index is 1070. The summed E-state index contributed by atoms with van der Waals surface area (Å²) in [6.45, 7) is 5.48. The van der Waals surface area contributed by atoms with Gasteiger partial charge >= 0.3 is 0 Å². The van der Waals surface area contributed by atoms with Crippen molar-refractivity contribution in [3.8, 4) is 5.69 Å². The van der Waals surface area contributed by atoms with Gasteiger partial charge in [-0.2, -0.15) is 0 Å². The van der Waals surface area contributed by atoms with E-state index in [1.165, 1.54) is 26.2 Å². The molecule has 0 radical (unpaired) electrons. The Morgan fingerprint density at radius 2 is 2.00 bits per heavy atom. The first-order valence-electron chi connectivity index (χ1n) is 8.44. The van der Waals surface area contributed by atoms with Gasteiger partial charge in [0.15, 0.2) is 5.69 Å². The average Bonchev–Trinajstić information content (AvgIpc) is 2.91. The fourth-order valence-electron chi connectivity index (χ4n) is 2.50. The molecular weight excluding hydrogens is 393 g/mol. The lowest BCUT2D eigenvalue weighted by Gasteiger charge is -2.15. The normalized spacial score (nSPS) is 13.5. The molecule has 1 unspecified atom stereocenters. The fraction of sp³-hybridized carbons (Fsp3) is 0.438. The summed E-state index contributed by atoms with van der Waals surface area (Å²) in [6, 6.07) is 3.27. The highest BCUT2D eigenvalue weighted by atomic mass is 32.2. The van der Waals surface area contributed by atoms with Crippen molar-refractivity contribution in [2.75, 3.05) is 14.1 Å². The van der Waals surface area contributed by atoms with Gasteiger partial charge in [-0.15, -0.1) is 13.9 Å². The number of nitro groups is 1. The predicted octanol–water partition coefficient (Wildman–Crippen LogP) is 2.26. The molecule has 1 aromatic carbocycles. The van der Waals surface area contributed by atoms with Gasteiger partial charge in [0, 0.05) is 25.6 Å². The summed E-state index contributed by atoms with van der Waals surface area (Å²) in [4.78, 5) is 23.4. The molecule has 0 fully saturated rings. The third-order valence-electron chi connectivity index (χ3n) is 3.90. The van der Waals surface area contributed by atoms with Gasteiger partial charge in [-0.1, -0.05) is 20.8 Å². The zero-order chi connectivity index (χ0) is 21.4. The number of sulfonamides is 1. The Morgan fingerprint density at radius 1 is 1.37 bits per heavy atom. The Labute approximate surface area is 160 Å². The summed E-state index contributed by atoms with van der Waals surface area (Å²) in [5, 5.41) is 11.6. The van der Waals surface area contributed by atoms with Crippen molar-refractivity contribution < 1.29 is 17.9 Å². The maximum Gasteiger partial charge on any atom is 0.297 e. The first kappa shape index (κ1) is 19.7. The molecule has 0 spiro atoms. The molecule has 27 heavy (non-hydrogen) atoms. The third kappa shape index (κ3) is 3.83. The Balaban J connectivity index is 2.79. The van der Waals surface area contributed by atoms with E-state index in [-0.39, 0.29) is 25.9 Å². The van der Waals surface area contributed by atoms with Gasteiger partial charge in [0.25, 0.3) is 11.2 Å². The van der Waals surface area contributed by atoms with Crippen LogP contribution in [-0.4, -0.2) is 37.8 Å². The largest absolute Gasteiger partial charge is 0.375 e. The van der Waals surface area contributed by atoms with Gasteiger partial charge in [0.05, 0.1) is 16.7 Å². The maximum absolute atomic E-state index is 12.8. The van der Waals surface area contributed by atoms with Crippen LogP contribution >= 0.6 is 9.18 Å². The molecule has 1 atom stereocenters. The van der Waals surface area contributed by atoms with Crippen molar-refractivity contribution in [3.05, 3.63) is 50.0 Å². The van der Waals surface area contributed by atoms with Crippen molar-refractivity contribution >= 4 is 24.9 Å². The SMILES string of the molecule is [2H]PCc1c(C(C)(C)C)on(-c2ccc(S(=O)(=O)N(C)C)cc2[N+](=O)[O-])c1=O. The molecule has 11 heteroatoms. The lowest BCUT2D eigenvalue weighted by atomic mass is 9.91. The highest BCUT2D eigenvalue weighted by Crippen LogP contribution is 2.31. The minimum Gasteiger partial charge on any atom is -0.375 e. The van der Waals surface area contributed by atoms with Crippen LogP contribution in [0.15, 0.2) is 32.4 Å². The summed E-state index contributed by atoms with van der Waals surface area (Å²) in [5.41, 5.74) is -1.59. The number of hydrogen-bond acceptors (Lipinski definition) is 6. The van der Waals surface area contributed by atoms with E-state index in [0.717, 1.165) is 15.1 Å². The van der Waals surface area contributed by atoms with E-state index in [1.54, 1.807) is 0 Å². The lowest BCUT2D eigenvalue weighted by Crippen LogP contribution is -2.22. The maximum atomic E-state index is 12.8. The second kappa shape index (κ2) is 7.18. The fourth-order valence-corrected chi connectivity index (χ4v) is 3.74. The van der Waals surface area contributed by atoms with Crippen LogP contribution in [0.2, 0.25) is 0 Å². The van der Waals surface area contributed by atoms with E-state index >= 15 is 0 Å². The summed E-state index contributed by atoms with van der Waals surface area (Å²) in [7, 11) is -1.54. The van der Waals surface area contributed by atoms with Crippen molar-refractivity contribution in [3.63, 3.8) is 0 Å². The van der Waals surface area contributed by atoms with Gasteiger partial charge in [0.1, 0.15) is 5.76 Å². The summed E-state index contributed by atoms with van der Waals surface area (Å²) < 4.78 is 39.5. The summed E-state index contributed by atoms with van der Waals surface area (Å²) in [6.07, 6.45) is 0.169. The first-order chi connectivity index (χ1) is 12.8. The second-order valence-corrected chi connectivity index (χ2v) is 9.63. The highest BCUT2D eigenvalue weighted by Gasteiger charge is 2.30. The number of benzene rings is 1. The average molecular weight is 416 g/mol. The molecule has 2 aromatic rings. The molecule has 0 amide bonds. The van der Waals surface area contributed by atoms with Crippen LogP contribution < -0.4 is 5.56 Å². The standard InChI is InChI=1S/C16H22N3O6PS/c1-16(2,3)14-11(9-26)15(20)18(25-14)12-7-6-10(8-13(12)19(21)22)27(23,24)17(4)5/h6-8H,9,26H2,1-5H3/i26D. The van der Waals surface area contributed by atoms with Crippen molar-refractivity contribution in [1.29, 1.82) is 1.28 Å². The summed E-state index contributed by atoms with van der Waals surface area (Å²) >= 11 is 0. The molecular formula is C16H22N3O6PS. The van der Waals surface area contributed by atoms with Crippen molar-refractivity contribution in [2.24, 2.45) is 0 Å². The second-order valence-electron chi connectivity index (χ2n) is 7.12. The van der Waals surface area contributed by atoms with E-state index in [0.29, 0.717) is 11.3 Å². The smallest absolute Gasteiger partial charge is 0.297 e. The number of hydrogen-bond donors (Lipinski definition) is 0. The molecule has 1 aromatic heterocycles. The van der Waals surface area contributed by atoms with Gasteiger partial charge < -0.3 is 4.52 Å². The van der Waals surface area contributed by atoms with Crippen LogP contribution in [0.1, 0.15) is 32.1 Å². The molecule has 0 saturated carbocycles. The van der Waals surface area contributed by atoms with Crippen LogP contribution in [0.4, 0.5) is 5.69 Å². The number of nitrogens with zero attached hydrogens (tertiary/aromatic N) is 3. The topological polar surface area (TPSA) is 116 Å². The van der Waals surface area contributed by atoms with Gasteiger partial charge in [-0.05, 0) is 18.3 Å². The Kier molecular flexibility index (Phi) is 5.24. The Hall–Kier alpha value is -2.03. The van der Waals surface area contributed by atoms with Crippen molar-refractivity contribution in [1.82, 2.24) is 9.05 Å². The zero-order valence-corrected chi connectivity index (χ0v) is 17.5. The lowest BCUT2D eigenvalue weighted by molar-refractivity contribution is -0.385. The van der Waals surface area contributed by atoms with Gasteiger partial charge in [-0.3, -0.25) is 14.9 Å². The molecule has 0 bridgehead atoms. The predicted molar refractivity (Wildman–Crippen MR) is 104 cm³/mol. The highest BCUT2D eigenvalue weighted by molar-refractivity contribution is 7.89. The van der Waals surface area contributed by atoms with E-state index in [1.807, 2.05) is 20.8 Å². The van der Waals surface area contributed by atoms with Crippen LogP contribution in [-0.2, 0) is 21.6 Å². The molecule has 0 aliphatic rings. The molecule has 9 nitrogen and oxygen atoms in total. The third-order valence-corrected chi connectivity index (χ3v) is 6.06. The molecule has 0 aliphatic carbocycles. The van der Waals surface area contributed by atoms with E-state index in [4.69, 9.17) is 5.80 Å². The van der Waals surface area contributed by atoms with Gasteiger partial charge in [-0.25, -0.2) is 12.7 Å². The van der Waals surface area contributed by atoms with E-state index in [9.17, 15) is 23.3 Å². The van der Waals surface area contributed by atoms with Gasteiger partial charge in [0.2, 0.25) is 10.0 Å². The minimum atomic E-state index is -3.89. The first-order valence-corrected chi connectivity index (χ1v) is 10.1. The van der Waals surface area contributed by atoms with Crippen molar-refractivity contribution in [2.45, 2.75) is 37.2 Å². The molecule has 1 heterocycles. The van der Waals surface area contributed by atoms with Crippen LogP contribution in [0, 0.1) is 10.1 Å². The molecule has 0 N–H and O–H groups in total. The zero-order valence-electron chi connectivity index (χ0n) is 16.6. The monoisotopic (exact) mass is 416 g/mol. The van der Waals surface area contributed by atoms with Crippen LogP contribution in [0.5, 0.6) is 0 Å². The van der Waals surface area contributed by atoms with Crippen LogP contribution in [0.3, 0.4) is 0 Å². The molecule has 2 rings (SSSR count). The van der Waals surface area contributed by atoms with E-state index < -0.39 is 31.6 Å². The quantitative estimate of drug-likeness (QED) is 0.405. The molecule has 0 saturated heterocycles. The van der Waals surface area contributed by atoms with Crippen LogP contribution in [0.25, 0.3) is 5.69 Å². The number of aromatic nitrogens is 1. The minimum absolute atomic E-state index is 0.169. The molecule has 0 aliphatic heterocycles. The number of rotatable bonds is 6. The summed E-state index contributed by atoms with van der Waals surface area (Å²) in [5.74, 6) is 0.344. The van der Waals surface area contributed by atoms with E-state index in [2.05, 4.69) is 0 Å². The molecule has 148 valence electrons. The number of nitro benzene ring substituents is 1.